The number of nitrogens with zero attached hydrogens (tertiary/aromatic N) is 3. The number of ether oxygens (including phenoxy) is 2. The van der Waals surface area contributed by atoms with Crippen molar-refractivity contribution < 1.29 is 23.0 Å². The normalized spacial score (nSPS) is 18.3. The Balaban J connectivity index is 0.00000306. The molecule has 0 spiro atoms. The van der Waals surface area contributed by atoms with Crippen molar-refractivity contribution >= 4 is 34.4 Å². The molecular weight excluding hydrogens is 468 g/mol. The Morgan fingerprint density at radius 1 is 1.27 bits per heavy atom. The summed E-state index contributed by atoms with van der Waals surface area (Å²) >= 11 is 0. The van der Waals surface area contributed by atoms with Crippen LogP contribution >= 0.6 is 12.4 Å². The SMILES string of the molecule is COc1cc(/C=N/NC(CN2CCOCC2)C2=NS(=O)(=O)c3ccc(C)cc32)ccc1O.Cl. The Hall–Kier alpha value is -2.66. The summed E-state index contributed by atoms with van der Waals surface area (Å²) in [5.74, 6) is 0.384. The summed E-state index contributed by atoms with van der Waals surface area (Å²) in [7, 11) is -2.26. The van der Waals surface area contributed by atoms with Gasteiger partial charge in [-0.25, -0.2) is 0 Å². The Kier molecular flexibility index (Phi) is 7.96. The highest BCUT2D eigenvalue weighted by molar-refractivity contribution is 7.90. The number of methoxy groups -OCH3 is 1. The lowest BCUT2D eigenvalue weighted by molar-refractivity contribution is 0.0364. The van der Waals surface area contributed by atoms with E-state index >= 15 is 0 Å². The fraction of sp³-hybridized carbons (Fsp3) is 0.364. The Morgan fingerprint density at radius 2 is 2.03 bits per heavy atom. The highest BCUT2D eigenvalue weighted by Crippen LogP contribution is 2.29. The number of hydrogen-bond acceptors (Lipinski definition) is 8. The minimum atomic E-state index is -3.74. The van der Waals surface area contributed by atoms with Gasteiger partial charge < -0.3 is 14.6 Å². The lowest BCUT2D eigenvalue weighted by Crippen LogP contribution is -2.48. The van der Waals surface area contributed by atoms with Crippen molar-refractivity contribution in [2.24, 2.45) is 9.50 Å². The zero-order valence-corrected chi connectivity index (χ0v) is 20.0. The van der Waals surface area contributed by atoms with Gasteiger partial charge in [-0.05, 0) is 42.8 Å². The maximum Gasteiger partial charge on any atom is 0.283 e. The number of nitrogens with one attached hydrogen (secondary N) is 1. The zero-order valence-electron chi connectivity index (χ0n) is 18.4. The highest BCUT2D eigenvalue weighted by Gasteiger charge is 2.34. The number of phenolic OH excluding ortho intramolecular Hbond substituents is 1. The van der Waals surface area contributed by atoms with Crippen LogP contribution in [0.15, 0.2) is 50.8 Å². The van der Waals surface area contributed by atoms with Crippen molar-refractivity contribution in [1.29, 1.82) is 0 Å². The Bertz CT molecular complexity index is 1160. The molecule has 9 nitrogen and oxygen atoms in total. The lowest BCUT2D eigenvalue weighted by Gasteiger charge is -2.30. The summed E-state index contributed by atoms with van der Waals surface area (Å²) < 4.78 is 40.0. The van der Waals surface area contributed by atoms with E-state index in [1.807, 2.05) is 13.0 Å². The quantitative estimate of drug-likeness (QED) is 0.446. The number of aryl methyl sites for hydroxylation is 1. The van der Waals surface area contributed by atoms with Crippen LogP contribution < -0.4 is 10.2 Å². The molecule has 11 heteroatoms. The number of sulfonamides is 1. The Labute approximate surface area is 199 Å². The van der Waals surface area contributed by atoms with Gasteiger partial charge in [0, 0.05) is 25.2 Å². The van der Waals surface area contributed by atoms with Crippen LogP contribution in [0.25, 0.3) is 0 Å². The molecule has 0 aromatic heterocycles. The maximum atomic E-state index is 12.6. The van der Waals surface area contributed by atoms with Gasteiger partial charge >= 0.3 is 0 Å². The van der Waals surface area contributed by atoms with Crippen LogP contribution in [0.5, 0.6) is 11.5 Å². The third kappa shape index (κ3) is 5.64. The van der Waals surface area contributed by atoms with E-state index in [1.165, 1.54) is 13.2 Å². The summed E-state index contributed by atoms with van der Waals surface area (Å²) in [6.45, 7) is 5.20. The van der Waals surface area contributed by atoms with Crippen LogP contribution in [0.3, 0.4) is 0 Å². The number of benzene rings is 2. The first-order chi connectivity index (χ1) is 15.4. The number of morpholine rings is 1. The molecule has 2 aliphatic rings. The first kappa shape index (κ1) is 25.0. The average Bonchev–Trinajstić information content (AvgIpc) is 3.04. The third-order valence-electron chi connectivity index (χ3n) is 5.43. The van der Waals surface area contributed by atoms with E-state index in [1.54, 1.807) is 30.5 Å². The number of hydrogen-bond donors (Lipinski definition) is 2. The monoisotopic (exact) mass is 494 g/mol. The fourth-order valence-corrected chi connectivity index (χ4v) is 5.02. The van der Waals surface area contributed by atoms with Crippen LogP contribution in [-0.2, 0) is 14.8 Å². The van der Waals surface area contributed by atoms with Crippen LogP contribution in [0, 0.1) is 6.92 Å². The van der Waals surface area contributed by atoms with Gasteiger partial charge in [0.2, 0.25) is 0 Å². The van der Waals surface area contributed by atoms with Gasteiger partial charge in [0.25, 0.3) is 10.0 Å². The van der Waals surface area contributed by atoms with Crippen molar-refractivity contribution in [2.45, 2.75) is 17.9 Å². The van der Waals surface area contributed by atoms with Crippen molar-refractivity contribution in [3.8, 4) is 11.5 Å². The zero-order chi connectivity index (χ0) is 22.7. The topological polar surface area (TPSA) is 113 Å². The fourth-order valence-electron chi connectivity index (χ4n) is 3.75. The molecule has 0 saturated carbocycles. The molecule has 0 radical (unpaired) electrons. The summed E-state index contributed by atoms with van der Waals surface area (Å²) in [6.07, 6.45) is 1.59. The maximum absolute atomic E-state index is 12.6. The van der Waals surface area contributed by atoms with Crippen molar-refractivity contribution in [3.63, 3.8) is 0 Å². The highest BCUT2D eigenvalue weighted by atomic mass is 35.5. The molecule has 0 bridgehead atoms. The predicted octanol–water partition coefficient (Wildman–Crippen LogP) is 1.95. The van der Waals surface area contributed by atoms with Crippen LogP contribution in [0.2, 0.25) is 0 Å². The van der Waals surface area contributed by atoms with E-state index in [-0.39, 0.29) is 23.1 Å². The van der Waals surface area contributed by atoms with Gasteiger partial charge in [-0.3, -0.25) is 10.3 Å². The summed E-state index contributed by atoms with van der Waals surface area (Å²) in [4.78, 5) is 2.42. The minimum absolute atomic E-state index is 0. The summed E-state index contributed by atoms with van der Waals surface area (Å²) in [5, 5.41) is 14.1. The van der Waals surface area contributed by atoms with E-state index < -0.39 is 16.1 Å². The number of rotatable bonds is 7. The second kappa shape index (κ2) is 10.5. The molecule has 33 heavy (non-hydrogen) atoms. The molecule has 1 atom stereocenters. The van der Waals surface area contributed by atoms with Gasteiger partial charge in [-0.2, -0.15) is 17.9 Å². The number of fused-ring (bicyclic) bond motifs is 1. The van der Waals surface area contributed by atoms with E-state index in [4.69, 9.17) is 9.47 Å². The second-order valence-corrected chi connectivity index (χ2v) is 9.31. The minimum Gasteiger partial charge on any atom is -0.504 e. The number of phenols is 1. The molecular formula is C22H27ClN4O5S. The molecule has 2 heterocycles. The smallest absolute Gasteiger partial charge is 0.283 e. The van der Waals surface area contributed by atoms with Crippen molar-refractivity contribution in [1.82, 2.24) is 10.3 Å². The standard InChI is InChI=1S/C22H26N4O5S.ClH/c1-15-3-6-21-17(11-15)22(25-32(21,28)29)18(14-26-7-9-31-10-8-26)24-23-13-16-4-5-19(27)20(12-16)30-2;/h3-6,11-13,18,24,27H,7-10,14H2,1-2H3;1H/b23-13+;. The van der Waals surface area contributed by atoms with Gasteiger partial charge in [-0.15, -0.1) is 12.4 Å². The molecule has 1 saturated heterocycles. The molecule has 0 amide bonds. The van der Waals surface area contributed by atoms with Crippen LogP contribution in [-0.4, -0.2) is 76.4 Å². The predicted molar refractivity (Wildman–Crippen MR) is 129 cm³/mol. The Morgan fingerprint density at radius 3 is 2.76 bits per heavy atom. The first-order valence-corrected chi connectivity index (χ1v) is 11.7. The molecule has 2 aliphatic heterocycles. The molecule has 2 N–H and O–H groups in total. The van der Waals surface area contributed by atoms with E-state index in [0.717, 1.165) is 24.2 Å². The molecule has 178 valence electrons. The number of aromatic hydroxyl groups is 1. The van der Waals surface area contributed by atoms with Gasteiger partial charge in [-0.1, -0.05) is 11.6 Å². The average molecular weight is 495 g/mol. The largest absolute Gasteiger partial charge is 0.504 e. The molecule has 1 unspecified atom stereocenters. The molecule has 4 rings (SSSR count). The van der Waals surface area contributed by atoms with E-state index in [9.17, 15) is 13.5 Å². The van der Waals surface area contributed by atoms with Crippen molar-refractivity contribution in [2.75, 3.05) is 40.0 Å². The summed E-state index contributed by atoms with van der Waals surface area (Å²) in [5.41, 5.74) is 5.83. The van der Waals surface area contributed by atoms with Crippen molar-refractivity contribution in [3.05, 3.63) is 53.1 Å². The molecule has 2 aromatic rings. The van der Waals surface area contributed by atoms with E-state index in [0.29, 0.717) is 36.8 Å². The van der Waals surface area contributed by atoms with E-state index in [2.05, 4.69) is 19.8 Å². The first-order valence-electron chi connectivity index (χ1n) is 10.3. The molecule has 1 fully saturated rings. The van der Waals surface area contributed by atoms with Crippen LogP contribution in [0.1, 0.15) is 16.7 Å². The third-order valence-corrected chi connectivity index (χ3v) is 6.78. The number of hydrazone groups is 1. The van der Waals surface area contributed by atoms with Gasteiger partial charge in [0.1, 0.15) is 6.04 Å². The van der Waals surface area contributed by atoms with Gasteiger partial charge in [0.15, 0.2) is 11.5 Å². The van der Waals surface area contributed by atoms with Crippen LogP contribution in [0.4, 0.5) is 0 Å². The number of halogens is 1. The molecule has 2 aromatic carbocycles. The molecule has 0 aliphatic carbocycles. The second-order valence-electron chi connectivity index (χ2n) is 7.74. The van der Waals surface area contributed by atoms with Gasteiger partial charge in [0.05, 0.1) is 37.1 Å². The lowest BCUT2D eigenvalue weighted by atomic mass is 10.0. The summed E-state index contributed by atoms with van der Waals surface area (Å²) in [6, 6.07) is 9.67.